The van der Waals surface area contributed by atoms with Crippen molar-refractivity contribution in [2.45, 2.75) is 0 Å². The fourth-order valence-corrected chi connectivity index (χ4v) is 2.49. The van der Waals surface area contributed by atoms with Crippen molar-refractivity contribution >= 4 is 24.0 Å². The van der Waals surface area contributed by atoms with E-state index in [1.165, 1.54) is 16.6 Å². The third-order valence-electron chi connectivity index (χ3n) is 3.45. The summed E-state index contributed by atoms with van der Waals surface area (Å²) in [5, 5.41) is 0. The molecule has 2 aromatic rings. The maximum atomic E-state index is 4.27. The predicted octanol–water partition coefficient (Wildman–Crippen LogP) is -0.0721. The zero-order valence-corrected chi connectivity index (χ0v) is 10.6. The summed E-state index contributed by atoms with van der Waals surface area (Å²) < 4.78 is 2.16. The molecule has 0 saturated carbocycles. The lowest BCUT2D eigenvalue weighted by molar-refractivity contribution is -0.654. The minimum Gasteiger partial charge on any atom is -0.411 e. The summed E-state index contributed by atoms with van der Waals surface area (Å²) in [7, 11) is 4.18. The number of rotatable bonds is 1. The Hall–Kier alpha value is -2.10. The number of aryl methyl sites for hydroxylation is 1. The minimum absolute atomic E-state index is 0.227. The molecule has 0 radical (unpaired) electrons. The number of nitrogens with zero attached hydrogens (tertiary/aromatic N) is 3. The van der Waals surface area contributed by atoms with Crippen molar-refractivity contribution in [2.24, 2.45) is 7.05 Å². The molecule has 1 aliphatic rings. The third-order valence-corrected chi connectivity index (χ3v) is 3.45. The van der Waals surface area contributed by atoms with Gasteiger partial charge >= 0.3 is 6.85 Å². The van der Waals surface area contributed by atoms with Crippen LogP contribution < -0.4 is 15.6 Å². The Kier molecular flexibility index (Phi) is 2.63. The Morgan fingerprint density at radius 3 is 3.00 bits per heavy atom. The van der Waals surface area contributed by atoms with E-state index in [-0.39, 0.29) is 6.85 Å². The van der Waals surface area contributed by atoms with Gasteiger partial charge in [-0.15, -0.1) is 0 Å². The van der Waals surface area contributed by atoms with E-state index in [0.29, 0.717) is 0 Å². The van der Waals surface area contributed by atoms with Crippen molar-refractivity contribution < 1.29 is 4.57 Å². The Bertz CT molecular complexity index is 609. The second-order valence-corrected chi connectivity index (χ2v) is 4.62. The summed E-state index contributed by atoms with van der Waals surface area (Å²) in [5.41, 5.74) is 3.76. The molecule has 3 heterocycles. The van der Waals surface area contributed by atoms with Crippen LogP contribution in [-0.2, 0) is 7.05 Å². The number of aromatic nitrogens is 2. The monoisotopic (exact) mass is 236 g/mol. The molecule has 0 atom stereocenters. The predicted molar refractivity (Wildman–Crippen MR) is 73.7 cm³/mol. The lowest BCUT2D eigenvalue weighted by Crippen LogP contribution is -2.65. The Morgan fingerprint density at radius 2 is 2.17 bits per heavy atom. The van der Waals surface area contributed by atoms with Crippen molar-refractivity contribution in [2.75, 3.05) is 7.05 Å². The van der Waals surface area contributed by atoms with Crippen molar-refractivity contribution in [3.8, 4) is 0 Å². The summed E-state index contributed by atoms with van der Waals surface area (Å²) in [5.74, 6) is 0. The number of fused-ring (bicyclic) bond motifs is 1. The molecule has 0 amide bonds. The first-order valence-electron chi connectivity index (χ1n) is 6.06. The van der Waals surface area contributed by atoms with Crippen LogP contribution in [0.15, 0.2) is 49.1 Å². The van der Waals surface area contributed by atoms with Gasteiger partial charge in [0.25, 0.3) is 0 Å². The lowest BCUT2D eigenvalue weighted by atomic mass is 9.49. The molecule has 0 saturated heterocycles. The number of pyridine rings is 2. The van der Waals surface area contributed by atoms with Crippen LogP contribution in [0.5, 0.6) is 0 Å². The molecule has 0 bridgehead atoms. The Morgan fingerprint density at radius 1 is 1.28 bits per heavy atom. The van der Waals surface area contributed by atoms with Gasteiger partial charge in [-0.2, -0.15) is 0 Å². The van der Waals surface area contributed by atoms with Crippen molar-refractivity contribution in [1.82, 2.24) is 9.79 Å². The van der Waals surface area contributed by atoms with Gasteiger partial charge in [0.1, 0.15) is 7.05 Å². The van der Waals surface area contributed by atoms with Crippen LogP contribution in [0.25, 0.3) is 6.08 Å². The molecule has 0 N–H and O–H groups in total. The van der Waals surface area contributed by atoms with Crippen LogP contribution in [0.1, 0.15) is 5.56 Å². The van der Waals surface area contributed by atoms with Crippen molar-refractivity contribution in [3.05, 3.63) is 54.6 Å². The van der Waals surface area contributed by atoms with Crippen LogP contribution in [0.3, 0.4) is 0 Å². The highest BCUT2D eigenvalue weighted by Gasteiger charge is 2.34. The molecule has 0 fully saturated rings. The molecule has 0 aliphatic carbocycles. The largest absolute Gasteiger partial charge is 0.411 e. The van der Waals surface area contributed by atoms with E-state index >= 15 is 0 Å². The van der Waals surface area contributed by atoms with Gasteiger partial charge in [-0.3, -0.25) is 4.98 Å². The van der Waals surface area contributed by atoms with Crippen molar-refractivity contribution in [3.63, 3.8) is 0 Å². The van der Waals surface area contributed by atoms with Gasteiger partial charge in [-0.25, -0.2) is 4.57 Å². The Balaban J connectivity index is 2.17. The standard InChI is InChI=1S/C14H15BN3/c1-17-9-4-3-5-14(17)15-13-11-16-8-6-12(13)7-10-18(15)2/h3-11H,1-2H3/q+1. The van der Waals surface area contributed by atoms with E-state index < -0.39 is 0 Å². The van der Waals surface area contributed by atoms with E-state index in [2.05, 4.69) is 65.1 Å². The normalized spacial score (nSPS) is 13.7. The smallest absolute Gasteiger partial charge is 0.405 e. The molecular formula is C14H15BN3+. The van der Waals surface area contributed by atoms with E-state index in [1.807, 2.05) is 18.5 Å². The minimum atomic E-state index is 0.227. The highest BCUT2D eigenvalue weighted by molar-refractivity contribution is 6.82. The van der Waals surface area contributed by atoms with Gasteiger partial charge in [0.05, 0.1) is 0 Å². The van der Waals surface area contributed by atoms with Gasteiger partial charge in [-0.05, 0) is 42.5 Å². The average Bonchev–Trinajstić information content (AvgIpc) is 2.40. The van der Waals surface area contributed by atoms with Crippen molar-refractivity contribution in [1.29, 1.82) is 0 Å². The quantitative estimate of drug-likeness (QED) is 0.510. The van der Waals surface area contributed by atoms with Gasteiger partial charge in [0.15, 0.2) is 11.8 Å². The molecule has 0 unspecified atom stereocenters. The van der Waals surface area contributed by atoms with E-state index in [4.69, 9.17) is 0 Å². The SMILES string of the molecule is CN1C=Cc2ccncc2B1c1cccc[n+]1C. The first-order chi connectivity index (χ1) is 8.77. The maximum absolute atomic E-state index is 4.27. The first kappa shape index (κ1) is 11.0. The maximum Gasteiger partial charge on any atom is 0.405 e. The average molecular weight is 236 g/mol. The van der Waals surface area contributed by atoms with Gasteiger partial charge in [0, 0.05) is 18.5 Å². The highest BCUT2D eigenvalue weighted by atomic mass is 15.0. The fourth-order valence-electron chi connectivity index (χ4n) is 2.49. The van der Waals surface area contributed by atoms with Gasteiger partial charge in [0.2, 0.25) is 0 Å². The first-order valence-corrected chi connectivity index (χ1v) is 6.06. The van der Waals surface area contributed by atoms with E-state index in [9.17, 15) is 0 Å². The zero-order chi connectivity index (χ0) is 12.5. The zero-order valence-electron chi connectivity index (χ0n) is 10.6. The molecule has 1 aliphatic heterocycles. The third kappa shape index (κ3) is 1.70. The summed E-state index contributed by atoms with van der Waals surface area (Å²) in [4.78, 5) is 6.49. The molecule has 88 valence electrons. The Labute approximate surface area is 108 Å². The fraction of sp³-hybridized carbons (Fsp3) is 0.143. The molecule has 0 spiro atoms. The molecule has 3 rings (SSSR count). The highest BCUT2D eigenvalue weighted by Crippen LogP contribution is 2.08. The number of hydrogen-bond donors (Lipinski definition) is 0. The number of hydrogen-bond acceptors (Lipinski definition) is 2. The summed E-state index contributed by atoms with van der Waals surface area (Å²) in [6, 6.07) is 8.36. The van der Waals surface area contributed by atoms with E-state index in [1.54, 1.807) is 0 Å². The van der Waals surface area contributed by atoms with Crippen LogP contribution >= 0.6 is 0 Å². The van der Waals surface area contributed by atoms with E-state index in [0.717, 1.165) is 0 Å². The van der Waals surface area contributed by atoms with Crippen LogP contribution in [0.2, 0.25) is 0 Å². The van der Waals surface area contributed by atoms with Crippen LogP contribution in [-0.4, -0.2) is 23.7 Å². The summed E-state index contributed by atoms with van der Waals surface area (Å²) in [6.07, 6.45) is 10.2. The van der Waals surface area contributed by atoms with Gasteiger partial charge < -0.3 is 4.81 Å². The molecule has 2 aromatic heterocycles. The van der Waals surface area contributed by atoms with Crippen LogP contribution in [0, 0.1) is 0 Å². The molecule has 0 aromatic carbocycles. The topological polar surface area (TPSA) is 20.0 Å². The molecule has 4 heteroatoms. The molecular weight excluding hydrogens is 221 g/mol. The molecule has 3 nitrogen and oxygen atoms in total. The molecule has 18 heavy (non-hydrogen) atoms. The second-order valence-electron chi connectivity index (χ2n) is 4.62. The lowest BCUT2D eigenvalue weighted by Gasteiger charge is -2.26. The van der Waals surface area contributed by atoms with Gasteiger partial charge in [-0.1, -0.05) is 6.07 Å². The summed E-state index contributed by atoms with van der Waals surface area (Å²) in [6.45, 7) is 0.227. The van der Waals surface area contributed by atoms with Crippen LogP contribution in [0.4, 0.5) is 0 Å². The summed E-state index contributed by atoms with van der Waals surface area (Å²) >= 11 is 0. The second kappa shape index (κ2) is 4.29.